The lowest BCUT2D eigenvalue weighted by Crippen LogP contribution is -2.56. The lowest BCUT2D eigenvalue weighted by atomic mass is 9.97. The average Bonchev–Trinajstić information content (AvgIpc) is 3.56. The summed E-state index contributed by atoms with van der Waals surface area (Å²) in [6.07, 6.45) is 3.34. The van der Waals surface area contributed by atoms with E-state index in [1.807, 2.05) is 40.3 Å². The number of benzene rings is 1. The fourth-order valence-corrected chi connectivity index (χ4v) is 5.37. The van der Waals surface area contributed by atoms with Crippen molar-refractivity contribution in [3.8, 4) is 0 Å². The maximum Gasteiger partial charge on any atom is 0.317 e. The van der Waals surface area contributed by atoms with Gasteiger partial charge in [-0.2, -0.15) is 0 Å². The minimum atomic E-state index is -0.0408. The molecule has 4 heterocycles. The molecule has 0 saturated carbocycles. The minimum absolute atomic E-state index is 0.0408. The Morgan fingerprint density at radius 3 is 2.53 bits per heavy atom. The number of nitrogens with zero attached hydrogens (tertiary/aromatic N) is 3. The fraction of sp³-hybridized carbons (Fsp3) is 0.600. The summed E-state index contributed by atoms with van der Waals surface area (Å²) in [6.45, 7) is 7.70. The molecular formula is C25H35N5O4. The van der Waals surface area contributed by atoms with Gasteiger partial charge in [0, 0.05) is 81.5 Å². The van der Waals surface area contributed by atoms with E-state index >= 15 is 0 Å². The number of aromatic amines is 1. The van der Waals surface area contributed by atoms with Crippen LogP contribution in [0, 0.1) is 5.92 Å². The first-order chi connectivity index (χ1) is 16.7. The van der Waals surface area contributed by atoms with E-state index < -0.39 is 0 Å². The Hall–Kier alpha value is -2.62. The lowest BCUT2D eigenvalue weighted by molar-refractivity contribution is -0.131. The van der Waals surface area contributed by atoms with Crippen LogP contribution >= 0.6 is 0 Å². The standard InChI is InChI=1S/C25H35N5O4/c31-24(15-20-16-26-22-4-2-1-3-21(20)22)29-6-8-30(9-7-29)25(32)27-17-23(19-5-12-34-18-19)28-10-13-33-14-11-28/h1-4,16,19,23,26H,5-15,17-18H2,(H,27,32). The molecule has 3 fully saturated rings. The van der Waals surface area contributed by atoms with Gasteiger partial charge in [0.25, 0.3) is 0 Å². The predicted octanol–water partition coefficient (Wildman–Crippen LogP) is 1.30. The third-order valence-corrected chi connectivity index (χ3v) is 7.42. The van der Waals surface area contributed by atoms with E-state index in [-0.39, 0.29) is 18.0 Å². The van der Waals surface area contributed by atoms with Gasteiger partial charge in [-0.1, -0.05) is 18.2 Å². The largest absolute Gasteiger partial charge is 0.381 e. The van der Waals surface area contributed by atoms with Gasteiger partial charge in [0.15, 0.2) is 0 Å². The molecule has 0 spiro atoms. The number of morpholine rings is 1. The molecule has 0 bridgehead atoms. The Morgan fingerprint density at radius 2 is 1.76 bits per heavy atom. The topological polar surface area (TPSA) is 90.1 Å². The van der Waals surface area contributed by atoms with E-state index in [0.29, 0.717) is 45.1 Å². The molecule has 3 saturated heterocycles. The maximum atomic E-state index is 12.9. The summed E-state index contributed by atoms with van der Waals surface area (Å²) in [6, 6.07) is 8.27. The molecule has 9 heteroatoms. The molecule has 2 atom stereocenters. The van der Waals surface area contributed by atoms with Gasteiger partial charge in [-0.05, 0) is 18.1 Å². The summed E-state index contributed by atoms with van der Waals surface area (Å²) < 4.78 is 11.1. The molecule has 5 rings (SSSR count). The molecule has 9 nitrogen and oxygen atoms in total. The van der Waals surface area contributed by atoms with E-state index in [0.717, 1.165) is 62.4 Å². The van der Waals surface area contributed by atoms with Crippen molar-refractivity contribution in [1.82, 2.24) is 25.0 Å². The number of amides is 3. The molecule has 2 N–H and O–H groups in total. The van der Waals surface area contributed by atoms with Crippen molar-refractivity contribution >= 4 is 22.8 Å². The van der Waals surface area contributed by atoms with E-state index in [1.54, 1.807) is 0 Å². The zero-order chi connectivity index (χ0) is 23.3. The number of carbonyl (C=O) groups excluding carboxylic acids is 2. The van der Waals surface area contributed by atoms with E-state index in [4.69, 9.17) is 9.47 Å². The van der Waals surface area contributed by atoms with Crippen molar-refractivity contribution in [3.05, 3.63) is 36.0 Å². The molecule has 3 aliphatic heterocycles. The zero-order valence-electron chi connectivity index (χ0n) is 19.7. The number of nitrogens with one attached hydrogen (secondary N) is 2. The number of fused-ring (bicyclic) bond motifs is 1. The number of aromatic nitrogens is 1. The maximum absolute atomic E-state index is 12.9. The van der Waals surface area contributed by atoms with Crippen LogP contribution in [0.3, 0.4) is 0 Å². The molecule has 2 unspecified atom stereocenters. The summed E-state index contributed by atoms with van der Waals surface area (Å²) in [5, 5.41) is 4.26. The van der Waals surface area contributed by atoms with Crippen LogP contribution in [0.25, 0.3) is 10.9 Å². The molecule has 184 valence electrons. The van der Waals surface area contributed by atoms with Crippen LogP contribution in [0.5, 0.6) is 0 Å². The van der Waals surface area contributed by atoms with Crippen LogP contribution in [0.4, 0.5) is 4.79 Å². The second-order valence-corrected chi connectivity index (χ2v) is 9.43. The van der Waals surface area contributed by atoms with Crippen LogP contribution in [-0.2, 0) is 20.7 Å². The highest BCUT2D eigenvalue weighted by atomic mass is 16.5. The summed E-state index contributed by atoms with van der Waals surface area (Å²) in [5.74, 6) is 0.552. The third kappa shape index (κ3) is 5.21. The third-order valence-electron chi connectivity index (χ3n) is 7.42. The van der Waals surface area contributed by atoms with Gasteiger partial charge in [0.2, 0.25) is 5.91 Å². The fourth-order valence-electron chi connectivity index (χ4n) is 5.37. The number of carbonyl (C=O) groups is 2. The molecule has 2 aromatic rings. The zero-order valence-corrected chi connectivity index (χ0v) is 19.7. The highest BCUT2D eigenvalue weighted by Gasteiger charge is 2.32. The molecule has 3 aliphatic rings. The Labute approximate surface area is 200 Å². The van der Waals surface area contributed by atoms with Gasteiger partial charge in [0.1, 0.15) is 0 Å². The summed E-state index contributed by atoms with van der Waals surface area (Å²) >= 11 is 0. The van der Waals surface area contributed by atoms with Crippen molar-refractivity contribution in [1.29, 1.82) is 0 Å². The number of H-pyrrole nitrogens is 1. The summed E-state index contributed by atoms with van der Waals surface area (Å²) in [7, 11) is 0. The number of para-hydroxylation sites is 1. The molecule has 1 aromatic heterocycles. The quantitative estimate of drug-likeness (QED) is 0.666. The predicted molar refractivity (Wildman–Crippen MR) is 129 cm³/mol. The lowest BCUT2D eigenvalue weighted by Gasteiger charge is -2.38. The van der Waals surface area contributed by atoms with Crippen molar-refractivity contribution in [2.45, 2.75) is 18.9 Å². The molecule has 1 aromatic carbocycles. The van der Waals surface area contributed by atoms with E-state index in [2.05, 4.69) is 15.2 Å². The Kier molecular flexibility index (Phi) is 7.32. The van der Waals surface area contributed by atoms with Crippen LogP contribution in [0.1, 0.15) is 12.0 Å². The molecule has 0 aliphatic carbocycles. The van der Waals surface area contributed by atoms with Crippen LogP contribution < -0.4 is 5.32 Å². The van der Waals surface area contributed by atoms with Crippen LogP contribution in [0.2, 0.25) is 0 Å². The van der Waals surface area contributed by atoms with E-state index in [1.165, 1.54) is 0 Å². The highest BCUT2D eigenvalue weighted by molar-refractivity contribution is 5.89. The Morgan fingerprint density at radius 1 is 1.00 bits per heavy atom. The SMILES string of the molecule is O=C(Cc1c[nH]c2ccccc12)N1CCN(C(=O)NCC(C2CCOC2)N2CCOCC2)CC1. The summed E-state index contributed by atoms with van der Waals surface area (Å²) in [4.78, 5) is 35.2. The Balaban J connectivity index is 1.10. The molecule has 3 amide bonds. The highest BCUT2D eigenvalue weighted by Crippen LogP contribution is 2.22. The van der Waals surface area contributed by atoms with Crippen LogP contribution in [0.15, 0.2) is 30.5 Å². The van der Waals surface area contributed by atoms with Gasteiger partial charge in [-0.25, -0.2) is 4.79 Å². The first-order valence-corrected chi connectivity index (χ1v) is 12.4. The normalized spacial score (nSPS) is 22.8. The first-order valence-electron chi connectivity index (χ1n) is 12.4. The van der Waals surface area contributed by atoms with Gasteiger partial charge in [-0.15, -0.1) is 0 Å². The van der Waals surface area contributed by atoms with Gasteiger partial charge < -0.3 is 29.6 Å². The van der Waals surface area contributed by atoms with Gasteiger partial charge in [0.05, 0.1) is 26.2 Å². The van der Waals surface area contributed by atoms with E-state index in [9.17, 15) is 9.59 Å². The molecule has 0 radical (unpaired) electrons. The second kappa shape index (κ2) is 10.8. The van der Waals surface area contributed by atoms with Crippen molar-refractivity contribution in [2.24, 2.45) is 5.92 Å². The number of hydrogen-bond donors (Lipinski definition) is 2. The number of urea groups is 1. The number of ether oxygens (including phenoxy) is 2. The first kappa shape index (κ1) is 23.1. The molecule has 34 heavy (non-hydrogen) atoms. The second-order valence-electron chi connectivity index (χ2n) is 9.43. The number of hydrogen-bond acceptors (Lipinski definition) is 5. The smallest absolute Gasteiger partial charge is 0.317 e. The monoisotopic (exact) mass is 469 g/mol. The van der Waals surface area contributed by atoms with Crippen molar-refractivity contribution in [3.63, 3.8) is 0 Å². The van der Waals surface area contributed by atoms with Crippen molar-refractivity contribution in [2.75, 3.05) is 72.2 Å². The van der Waals surface area contributed by atoms with Gasteiger partial charge in [-0.3, -0.25) is 9.69 Å². The average molecular weight is 470 g/mol. The van der Waals surface area contributed by atoms with Crippen molar-refractivity contribution < 1.29 is 19.1 Å². The van der Waals surface area contributed by atoms with Gasteiger partial charge >= 0.3 is 6.03 Å². The number of piperazine rings is 1. The molecular weight excluding hydrogens is 434 g/mol. The number of rotatable bonds is 6. The summed E-state index contributed by atoms with van der Waals surface area (Å²) in [5.41, 5.74) is 2.07. The Bertz CT molecular complexity index is 975. The minimum Gasteiger partial charge on any atom is -0.381 e. The van der Waals surface area contributed by atoms with Crippen LogP contribution in [-0.4, -0.2) is 110 Å².